The number of phenolic OH excluding ortho intramolecular Hbond substituents is 1. The molecule has 1 unspecified atom stereocenters. The maximum Gasteiger partial charge on any atom is 0.222 e. The van der Waals surface area contributed by atoms with Crippen LogP contribution in [0.3, 0.4) is 0 Å². The predicted octanol–water partition coefficient (Wildman–Crippen LogP) is 1.76. The Morgan fingerprint density at radius 3 is 3.00 bits per heavy atom. The molecule has 2 rings (SSSR count). The van der Waals surface area contributed by atoms with E-state index in [-0.39, 0.29) is 17.7 Å². The van der Waals surface area contributed by atoms with E-state index in [9.17, 15) is 9.90 Å². The van der Waals surface area contributed by atoms with Gasteiger partial charge in [-0.15, -0.1) is 0 Å². The van der Waals surface area contributed by atoms with E-state index in [2.05, 4.69) is 5.32 Å². The normalized spacial score (nSPS) is 20.2. The Bertz CT molecular complexity index is 430. The average molecular weight is 269 g/mol. The molecule has 1 saturated heterocycles. The summed E-state index contributed by atoms with van der Waals surface area (Å²) in [7, 11) is 1.81. The number of hydrogen-bond donors (Lipinski definition) is 2. The molecule has 1 heterocycles. The van der Waals surface area contributed by atoms with Gasteiger partial charge in [0.25, 0.3) is 0 Å². The number of nitrogens with zero attached hydrogens (tertiary/aromatic N) is 1. The van der Waals surface area contributed by atoms with Gasteiger partial charge in [-0.25, -0.2) is 0 Å². The molecule has 0 spiro atoms. The molecule has 1 fully saturated rings. The van der Waals surface area contributed by atoms with E-state index in [1.807, 2.05) is 7.05 Å². The summed E-state index contributed by atoms with van der Waals surface area (Å²) in [4.78, 5) is 13.1. The fraction of sp³-hybridized carbons (Fsp3) is 0.462. The number of carbonyl (C=O) groups excluding carboxylic acids is 1. The molecule has 1 aliphatic rings. The molecule has 5 heteroatoms. The Balaban J connectivity index is 1.94. The van der Waals surface area contributed by atoms with Crippen molar-refractivity contribution < 1.29 is 9.90 Å². The highest BCUT2D eigenvalue weighted by Crippen LogP contribution is 2.25. The van der Waals surface area contributed by atoms with Crippen LogP contribution in [0.25, 0.3) is 0 Å². The van der Waals surface area contributed by atoms with Crippen LogP contribution in [0.15, 0.2) is 18.2 Å². The molecule has 1 atom stereocenters. The monoisotopic (exact) mass is 268 g/mol. The van der Waals surface area contributed by atoms with Crippen LogP contribution in [0.1, 0.15) is 18.4 Å². The number of carbonyl (C=O) groups is 1. The third-order valence-electron chi connectivity index (χ3n) is 3.29. The highest BCUT2D eigenvalue weighted by molar-refractivity contribution is 6.31. The van der Waals surface area contributed by atoms with Crippen molar-refractivity contribution in [2.24, 2.45) is 0 Å². The van der Waals surface area contributed by atoms with Gasteiger partial charge in [0.1, 0.15) is 5.75 Å². The topological polar surface area (TPSA) is 52.6 Å². The summed E-state index contributed by atoms with van der Waals surface area (Å²) in [6, 6.07) is 5.35. The molecular formula is C13H17ClN2O2. The number of phenols is 1. The summed E-state index contributed by atoms with van der Waals surface area (Å²) >= 11 is 6.03. The van der Waals surface area contributed by atoms with Crippen molar-refractivity contribution in [3.8, 4) is 5.75 Å². The first-order valence-electron chi connectivity index (χ1n) is 6.01. The zero-order chi connectivity index (χ0) is 13.1. The number of aromatic hydroxyl groups is 1. The minimum atomic E-state index is 0.189. The van der Waals surface area contributed by atoms with E-state index >= 15 is 0 Å². The Morgan fingerprint density at radius 1 is 1.56 bits per heavy atom. The van der Waals surface area contributed by atoms with Crippen LogP contribution >= 0.6 is 11.6 Å². The summed E-state index contributed by atoms with van der Waals surface area (Å²) in [6.07, 6.45) is 1.40. The van der Waals surface area contributed by atoms with Crippen molar-refractivity contribution in [1.82, 2.24) is 10.2 Å². The van der Waals surface area contributed by atoms with Crippen LogP contribution in [0.2, 0.25) is 5.02 Å². The van der Waals surface area contributed by atoms with Crippen LogP contribution in [-0.2, 0) is 11.3 Å². The maximum absolute atomic E-state index is 11.4. The minimum absolute atomic E-state index is 0.189. The van der Waals surface area contributed by atoms with Crippen LogP contribution in [0.5, 0.6) is 5.75 Å². The van der Waals surface area contributed by atoms with Crippen molar-refractivity contribution in [2.75, 3.05) is 13.6 Å². The van der Waals surface area contributed by atoms with Gasteiger partial charge in [-0.05, 0) is 18.6 Å². The lowest BCUT2D eigenvalue weighted by atomic mass is 10.1. The van der Waals surface area contributed by atoms with E-state index in [0.29, 0.717) is 30.1 Å². The largest absolute Gasteiger partial charge is 0.508 e. The van der Waals surface area contributed by atoms with Crippen LogP contribution in [0, 0.1) is 0 Å². The molecule has 0 bridgehead atoms. The number of piperidine rings is 1. The number of halogens is 1. The van der Waals surface area contributed by atoms with Crippen molar-refractivity contribution in [2.45, 2.75) is 25.4 Å². The zero-order valence-electron chi connectivity index (χ0n) is 10.3. The number of likely N-dealkylation sites (N-methyl/N-ethyl adjacent to an activating group) is 1. The Labute approximate surface area is 112 Å². The van der Waals surface area contributed by atoms with Gasteiger partial charge in [-0.3, -0.25) is 4.79 Å². The third kappa shape index (κ3) is 2.94. The number of hydrogen-bond acceptors (Lipinski definition) is 3. The summed E-state index contributed by atoms with van der Waals surface area (Å²) in [5.41, 5.74) is 0.707. The fourth-order valence-electron chi connectivity index (χ4n) is 2.15. The van der Waals surface area contributed by atoms with Gasteiger partial charge in [-0.2, -0.15) is 0 Å². The number of rotatable bonds is 3. The summed E-state index contributed by atoms with van der Waals surface area (Å²) < 4.78 is 0. The Hall–Kier alpha value is -1.26. The fourth-order valence-corrected chi connectivity index (χ4v) is 2.38. The molecule has 0 aromatic heterocycles. The number of nitrogens with one attached hydrogen (secondary N) is 1. The predicted molar refractivity (Wildman–Crippen MR) is 70.6 cm³/mol. The first kappa shape index (κ1) is 13.2. The lowest BCUT2D eigenvalue weighted by molar-refractivity contribution is -0.132. The van der Waals surface area contributed by atoms with E-state index in [1.54, 1.807) is 23.1 Å². The van der Waals surface area contributed by atoms with Gasteiger partial charge >= 0.3 is 0 Å². The highest BCUT2D eigenvalue weighted by atomic mass is 35.5. The van der Waals surface area contributed by atoms with Gasteiger partial charge in [0.2, 0.25) is 5.91 Å². The lowest BCUT2D eigenvalue weighted by Crippen LogP contribution is -2.46. The maximum atomic E-state index is 11.4. The SMILES string of the molecule is CN1CC(NCc2c(O)cccc2Cl)CCC1=O. The number of benzene rings is 1. The van der Waals surface area contributed by atoms with E-state index in [4.69, 9.17) is 11.6 Å². The molecular weight excluding hydrogens is 252 g/mol. The summed E-state index contributed by atoms with van der Waals surface area (Å²) in [5, 5.41) is 13.6. The molecule has 1 amide bonds. The van der Waals surface area contributed by atoms with E-state index < -0.39 is 0 Å². The van der Waals surface area contributed by atoms with E-state index in [1.165, 1.54) is 0 Å². The molecule has 1 aliphatic heterocycles. The van der Waals surface area contributed by atoms with Gasteiger partial charge < -0.3 is 15.3 Å². The van der Waals surface area contributed by atoms with Crippen LogP contribution in [-0.4, -0.2) is 35.5 Å². The average Bonchev–Trinajstić information content (AvgIpc) is 2.33. The molecule has 0 saturated carbocycles. The standard InChI is InChI=1S/C13H17ClN2O2/c1-16-8-9(5-6-13(16)18)15-7-10-11(14)3-2-4-12(10)17/h2-4,9,15,17H,5-8H2,1H3. The molecule has 18 heavy (non-hydrogen) atoms. The van der Waals surface area contributed by atoms with Crippen molar-refractivity contribution in [3.05, 3.63) is 28.8 Å². The number of likely N-dealkylation sites (tertiary alicyclic amines) is 1. The molecule has 0 aliphatic carbocycles. The second-order valence-corrected chi connectivity index (χ2v) is 5.04. The lowest BCUT2D eigenvalue weighted by Gasteiger charge is -2.30. The van der Waals surface area contributed by atoms with Gasteiger partial charge in [-0.1, -0.05) is 17.7 Å². The molecule has 2 N–H and O–H groups in total. The second-order valence-electron chi connectivity index (χ2n) is 4.63. The molecule has 4 nitrogen and oxygen atoms in total. The van der Waals surface area contributed by atoms with Gasteiger partial charge in [0, 0.05) is 43.2 Å². The molecule has 1 aromatic carbocycles. The molecule has 0 radical (unpaired) electrons. The number of amides is 1. The molecule has 98 valence electrons. The third-order valence-corrected chi connectivity index (χ3v) is 3.64. The van der Waals surface area contributed by atoms with Crippen molar-refractivity contribution in [1.29, 1.82) is 0 Å². The first-order valence-corrected chi connectivity index (χ1v) is 6.39. The smallest absolute Gasteiger partial charge is 0.222 e. The van der Waals surface area contributed by atoms with Crippen molar-refractivity contribution >= 4 is 17.5 Å². The molecule has 1 aromatic rings. The van der Waals surface area contributed by atoms with Crippen molar-refractivity contribution in [3.63, 3.8) is 0 Å². The highest BCUT2D eigenvalue weighted by Gasteiger charge is 2.22. The minimum Gasteiger partial charge on any atom is -0.508 e. The van der Waals surface area contributed by atoms with Gasteiger partial charge in [0.05, 0.1) is 0 Å². The summed E-state index contributed by atoms with van der Waals surface area (Å²) in [6.45, 7) is 1.21. The zero-order valence-corrected chi connectivity index (χ0v) is 11.1. The Morgan fingerprint density at radius 2 is 2.33 bits per heavy atom. The quantitative estimate of drug-likeness (QED) is 0.878. The Kier molecular flexibility index (Phi) is 4.09. The second kappa shape index (κ2) is 5.59. The van der Waals surface area contributed by atoms with E-state index in [0.717, 1.165) is 6.42 Å². The van der Waals surface area contributed by atoms with Gasteiger partial charge in [0.15, 0.2) is 0 Å². The van der Waals surface area contributed by atoms with Crippen LogP contribution < -0.4 is 5.32 Å². The van der Waals surface area contributed by atoms with Crippen LogP contribution in [0.4, 0.5) is 0 Å². The summed E-state index contributed by atoms with van der Waals surface area (Å²) in [5.74, 6) is 0.392. The first-order chi connectivity index (χ1) is 8.58.